The van der Waals surface area contributed by atoms with Crippen LogP contribution in [-0.2, 0) is 0 Å². The summed E-state index contributed by atoms with van der Waals surface area (Å²) in [7, 11) is 7.75. The highest BCUT2D eigenvalue weighted by Gasteiger charge is 2.07. The smallest absolute Gasteiger partial charge is 0.321 e. The van der Waals surface area contributed by atoms with Gasteiger partial charge in [0.15, 0.2) is 5.13 Å². The highest BCUT2D eigenvalue weighted by molar-refractivity contribution is 8.76. The minimum absolute atomic E-state index is 0.205. The Kier molecular flexibility index (Phi) is 8.60. The van der Waals surface area contributed by atoms with Crippen molar-refractivity contribution in [3.8, 4) is 11.3 Å². The number of hydrogen-bond acceptors (Lipinski definition) is 6. The standard InChI is InChI=1S/C17H24N4OS3/c1-13-4-6-14(7-5-13)15-12-23-17(19-15)20-16(22)18-8-10-24-25-11-9-21(2)3/h4-7,12H,8-11H2,1-3H3,(H2,18,19,20,22). The highest BCUT2D eigenvalue weighted by Crippen LogP contribution is 2.25. The van der Waals surface area contributed by atoms with Gasteiger partial charge in [-0.25, -0.2) is 9.78 Å². The number of carbonyl (C=O) groups is 1. The number of amides is 2. The maximum Gasteiger partial charge on any atom is 0.321 e. The lowest BCUT2D eigenvalue weighted by Gasteiger charge is -2.08. The lowest BCUT2D eigenvalue weighted by molar-refractivity contribution is 0.252. The van der Waals surface area contributed by atoms with Gasteiger partial charge in [-0.3, -0.25) is 5.32 Å². The van der Waals surface area contributed by atoms with Gasteiger partial charge in [0.05, 0.1) is 5.69 Å². The summed E-state index contributed by atoms with van der Waals surface area (Å²) in [6.45, 7) is 3.77. The molecule has 0 saturated heterocycles. The predicted molar refractivity (Wildman–Crippen MR) is 113 cm³/mol. The Bertz CT molecular complexity index is 658. The van der Waals surface area contributed by atoms with Crippen molar-refractivity contribution in [2.24, 2.45) is 0 Å². The first-order valence-electron chi connectivity index (χ1n) is 8.01. The first-order valence-corrected chi connectivity index (χ1v) is 11.4. The van der Waals surface area contributed by atoms with Crippen LogP contribution in [-0.4, -0.2) is 54.6 Å². The Hall–Kier alpha value is -1.22. The van der Waals surface area contributed by atoms with Gasteiger partial charge >= 0.3 is 6.03 Å². The molecule has 2 amide bonds. The van der Waals surface area contributed by atoms with Gasteiger partial charge in [0.2, 0.25) is 0 Å². The molecule has 0 aliphatic rings. The van der Waals surface area contributed by atoms with Crippen molar-refractivity contribution in [1.82, 2.24) is 15.2 Å². The van der Waals surface area contributed by atoms with Gasteiger partial charge in [-0.2, -0.15) is 0 Å². The van der Waals surface area contributed by atoms with E-state index in [1.54, 1.807) is 10.8 Å². The zero-order chi connectivity index (χ0) is 18.1. The van der Waals surface area contributed by atoms with Crippen LogP contribution in [0.5, 0.6) is 0 Å². The Morgan fingerprint density at radius 3 is 2.64 bits per heavy atom. The van der Waals surface area contributed by atoms with Crippen LogP contribution < -0.4 is 10.6 Å². The molecule has 1 aromatic carbocycles. The van der Waals surface area contributed by atoms with Crippen molar-refractivity contribution >= 4 is 44.1 Å². The number of benzene rings is 1. The van der Waals surface area contributed by atoms with Crippen molar-refractivity contribution < 1.29 is 4.79 Å². The Labute approximate surface area is 161 Å². The molecule has 0 atom stereocenters. The number of thiazole rings is 1. The van der Waals surface area contributed by atoms with Crippen molar-refractivity contribution in [1.29, 1.82) is 0 Å². The van der Waals surface area contributed by atoms with E-state index in [9.17, 15) is 4.79 Å². The summed E-state index contributed by atoms with van der Waals surface area (Å²) < 4.78 is 0. The largest absolute Gasteiger partial charge is 0.337 e. The molecule has 5 nitrogen and oxygen atoms in total. The second kappa shape index (κ2) is 10.7. The predicted octanol–water partition coefficient (Wildman–Crippen LogP) is 4.18. The third-order valence-corrected chi connectivity index (χ3v) is 6.39. The van der Waals surface area contributed by atoms with Crippen molar-refractivity contribution in [2.45, 2.75) is 6.92 Å². The minimum Gasteiger partial charge on any atom is -0.337 e. The van der Waals surface area contributed by atoms with Gasteiger partial charge in [0, 0.05) is 35.5 Å². The summed E-state index contributed by atoms with van der Waals surface area (Å²) >= 11 is 1.43. The minimum atomic E-state index is -0.205. The van der Waals surface area contributed by atoms with E-state index < -0.39 is 0 Å². The first-order chi connectivity index (χ1) is 12.0. The molecule has 2 rings (SSSR count). The average molecular weight is 397 g/mol. The molecular weight excluding hydrogens is 372 g/mol. The summed E-state index contributed by atoms with van der Waals surface area (Å²) in [5.41, 5.74) is 3.16. The fraction of sp³-hybridized carbons (Fsp3) is 0.412. The number of hydrogen-bond donors (Lipinski definition) is 2. The molecule has 0 spiro atoms. The first kappa shape index (κ1) is 20.1. The molecule has 8 heteroatoms. The van der Waals surface area contributed by atoms with Crippen LogP contribution in [0, 0.1) is 6.92 Å². The number of urea groups is 1. The summed E-state index contributed by atoms with van der Waals surface area (Å²) in [5, 5.41) is 8.22. The zero-order valence-electron chi connectivity index (χ0n) is 14.7. The van der Waals surface area contributed by atoms with E-state index >= 15 is 0 Å². The van der Waals surface area contributed by atoms with Gasteiger partial charge in [-0.15, -0.1) is 11.3 Å². The number of aromatic nitrogens is 1. The van der Waals surface area contributed by atoms with Crippen LogP contribution in [0.15, 0.2) is 29.6 Å². The van der Waals surface area contributed by atoms with Gasteiger partial charge in [-0.05, 0) is 21.0 Å². The van der Waals surface area contributed by atoms with E-state index in [0.29, 0.717) is 11.7 Å². The van der Waals surface area contributed by atoms with E-state index in [-0.39, 0.29) is 6.03 Å². The third kappa shape index (κ3) is 7.68. The average Bonchev–Trinajstić information content (AvgIpc) is 3.02. The Morgan fingerprint density at radius 2 is 1.92 bits per heavy atom. The normalized spacial score (nSPS) is 10.9. The van der Waals surface area contributed by atoms with E-state index in [4.69, 9.17) is 0 Å². The van der Waals surface area contributed by atoms with E-state index in [0.717, 1.165) is 29.3 Å². The quantitative estimate of drug-likeness (QED) is 0.492. The zero-order valence-corrected chi connectivity index (χ0v) is 17.2. The van der Waals surface area contributed by atoms with Crippen LogP contribution in [0.1, 0.15) is 5.56 Å². The lowest BCUT2D eigenvalue weighted by atomic mass is 10.1. The lowest BCUT2D eigenvalue weighted by Crippen LogP contribution is -2.30. The van der Waals surface area contributed by atoms with E-state index in [1.807, 2.05) is 28.3 Å². The fourth-order valence-corrected chi connectivity index (χ4v) is 4.63. The summed E-state index contributed by atoms with van der Waals surface area (Å²) in [5.74, 6) is 1.97. The Morgan fingerprint density at radius 1 is 1.20 bits per heavy atom. The molecule has 0 aliphatic heterocycles. The molecule has 0 saturated carbocycles. The maximum atomic E-state index is 11.9. The monoisotopic (exact) mass is 396 g/mol. The fourth-order valence-electron chi connectivity index (χ4n) is 1.87. The van der Waals surface area contributed by atoms with Crippen LogP contribution >= 0.6 is 32.9 Å². The van der Waals surface area contributed by atoms with Crippen LogP contribution in [0.4, 0.5) is 9.93 Å². The van der Waals surface area contributed by atoms with E-state index in [1.165, 1.54) is 16.9 Å². The third-order valence-electron chi connectivity index (χ3n) is 3.25. The van der Waals surface area contributed by atoms with Crippen molar-refractivity contribution in [2.75, 3.05) is 44.0 Å². The summed E-state index contributed by atoms with van der Waals surface area (Å²) in [6.07, 6.45) is 0. The molecule has 0 fully saturated rings. The SMILES string of the molecule is Cc1ccc(-c2csc(NC(=O)NCCSSCCN(C)C)n2)cc1. The molecule has 0 bridgehead atoms. The number of aryl methyl sites for hydroxylation is 1. The molecule has 2 N–H and O–H groups in total. The molecule has 2 aromatic rings. The highest BCUT2D eigenvalue weighted by atomic mass is 33.1. The van der Waals surface area contributed by atoms with Gasteiger partial charge in [0.25, 0.3) is 0 Å². The van der Waals surface area contributed by atoms with Crippen molar-refractivity contribution in [3.63, 3.8) is 0 Å². The second-order valence-electron chi connectivity index (χ2n) is 5.73. The number of nitrogens with one attached hydrogen (secondary N) is 2. The van der Waals surface area contributed by atoms with Gasteiger partial charge in [-0.1, -0.05) is 51.4 Å². The molecule has 0 aliphatic carbocycles. The number of rotatable bonds is 9. The van der Waals surface area contributed by atoms with Gasteiger partial charge in [0.1, 0.15) is 0 Å². The van der Waals surface area contributed by atoms with Crippen LogP contribution in [0.2, 0.25) is 0 Å². The summed E-state index contributed by atoms with van der Waals surface area (Å²) in [4.78, 5) is 18.5. The molecule has 25 heavy (non-hydrogen) atoms. The van der Waals surface area contributed by atoms with Crippen LogP contribution in [0.25, 0.3) is 11.3 Å². The molecule has 0 radical (unpaired) electrons. The van der Waals surface area contributed by atoms with Crippen molar-refractivity contribution in [3.05, 3.63) is 35.2 Å². The van der Waals surface area contributed by atoms with E-state index in [2.05, 4.69) is 53.7 Å². The second-order valence-corrected chi connectivity index (χ2v) is 9.29. The number of nitrogens with zero attached hydrogens (tertiary/aromatic N) is 2. The maximum absolute atomic E-state index is 11.9. The molecule has 136 valence electrons. The van der Waals surface area contributed by atoms with Gasteiger partial charge < -0.3 is 10.2 Å². The molecular formula is C17H24N4OS3. The number of anilines is 1. The molecule has 1 aromatic heterocycles. The Balaban J connectivity index is 1.66. The topological polar surface area (TPSA) is 57.3 Å². The molecule has 0 unspecified atom stereocenters. The van der Waals surface area contributed by atoms with Crippen LogP contribution in [0.3, 0.4) is 0 Å². The molecule has 1 heterocycles. The summed E-state index contributed by atoms with van der Waals surface area (Å²) in [6, 6.07) is 7.99. The number of carbonyl (C=O) groups excluding carboxylic acids is 1.